The highest BCUT2D eigenvalue weighted by atomic mass is 35.5. The Labute approximate surface area is 118 Å². The first kappa shape index (κ1) is 15.0. The van der Waals surface area contributed by atoms with E-state index < -0.39 is 17.9 Å². The van der Waals surface area contributed by atoms with E-state index in [1.807, 2.05) is 0 Å². The predicted octanol–water partition coefficient (Wildman–Crippen LogP) is 2.33. The number of aromatic nitrogens is 1. The molecule has 98 valence electrons. The van der Waals surface area contributed by atoms with Gasteiger partial charge in [0.1, 0.15) is 11.7 Å². The molecule has 0 spiro atoms. The maximum atomic E-state index is 11.8. The second-order valence-corrected chi connectivity index (χ2v) is 4.46. The molecule has 0 saturated heterocycles. The molecule has 5 nitrogen and oxygen atoms in total. The number of hydrogen-bond donors (Lipinski definition) is 1. The fourth-order valence-electron chi connectivity index (χ4n) is 1.10. The van der Waals surface area contributed by atoms with Crippen LogP contribution in [0.4, 0.5) is 0 Å². The van der Waals surface area contributed by atoms with Crippen LogP contribution in [0.2, 0.25) is 15.1 Å². The molecule has 1 atom stereocenters. The second-order valence-electron chi connectivity index (χ2n) is 3.30. The lowest BCUT2D eigenvalue weighted by Crippen LogP contribution is -2.39. The molecule has 0 bridgehead atoms. The van der Waals surface area contributed by atoms with Crippen LogP contribution in [0.5, 0.6) is 0 Å². The molecule has 0 radical (unpaired) electrons. The van der Waals surface area contributed by atoms with Gasteiger partial charge in [-0.05, 0) is 6.92 Å². The third-order valence-corrected chi connectivity index (χ3v) is 3.28. The molecule has 1 aromatic rings. The smallest absolute Gasteiger partial charge is 0.328 e. The minimum atomic E-state index is -0.824. The number of amides is 1. The average Bonchev–Trinajstić information content (AvgIpc) is 2.34. The van der Waals surface area contributed by atoms with E-state index in [1.165, 1.54) is 20.2 Å². The molecule has 0 saturated carbocycles. The van der Waals surface area contributed by atoms with E-state index in [2.05, 4.69) is 15.0 Å². The molecule has 0 aliphatic rings. The van der Waals surface area contributed by atoms with E-state index in [1.54, 1.807) is 0 Å². The molecule has 0 unspecified atom stereocenters. The largest absolute Gasteiger partial charge is 0.467 e. The van der Waals surface area contributed by atoms with Crippen LogP contribution in [-0.2, 0) is 9.53 Å². The minimum absolute atomic E-state index is 0.0317. The standard InChI is InChI=1S/C10H9Cl3N2O3/c1-4(10(17)18-2)15-9(16)8-7(13)6(12)5(11)3-14-8/h3-4H,1-2H3,(H,15,16)/t4-/m0/s1. The lowest BCUT2D eigenvalue weighted by atomic mass is 10.3. The highest BCUT2D eigenvalue weighted by Crippen LogP contribution is 2.30. The van der Waals surface area contributed by atoms with Crippen molar-refractivity contribution >= 4 is 46.7 Å². The van der Waals surface area contributed by atoms with Crippen molar-refractivity contribution in [3.05, 3.63) is 27.0 Å². The summed E-state index contributed by atoms with van der Waals surface area (Å²) in [5, 5.41) is 2.47. The van der Waals surface area contributed by atoms with Crippen LogP contribution in [0.1, 0.15) is 17.4 Å². The normalized spacial score (nSPS) is 11.8. The number of esters is 1. The molecule has 1 aromatic heterocycles. The van der Waals surface area contributed by atoms with Crippen molar-refractivity contribution in [2.75, 3.05) is 7.11 Å². The summed E-state index contributed by atoms with van der Waals surface area (Å²) in [7, 11) is 1.22. The summed E-state index contributed by atoms with van der Waals surface area (Å²) in [6.45, 7) is 1.47. The van der Waals surface area contributed by atoms with Crippen molar-refractivity contribution in [1.29, 1.82) is 0 Å². The molecular weight excluding hydrogens is 302 g/mol. The van der Waals surface area contributed by atoms with Gasteiger partial charge < -0.3 is 10.1 Å². The fraction of sp³-hybridized carbons (Fsp3) is 0.300. The Bertz CT molecular complexity index is 494. The molecule has 1 amide bonds. The minimum Gasteiger partial charge on any atom is -0.467 e. The van der Waals surface area contributed by atoms with Crippen molar-refractivity contribution < 1.29 is 14.3 Å². The first-order valence-electron chi connectivity index (χ1n) is 4.76. The molecule has 0 aliphatic heterocycles. The Morgan fingerprint density at radius 1 is 1.33 bits per heavy atom. The Balaban J connectivity index is 2.92. The Hall–Kier alpha value is -1.04. The SMILES string of the molecule is COC(=O)[C@H](C)NC(=O)c1ncc(Cl)c(Cl)c1Cl. The van der Waals surface area contributed by atoms with Crippen LogP contribution in [0.15, 0.2) is 6.20 Å². The molecule has 1 N–H and O–H groups in total. The highest BCUT2D eigenvalue weighted by molar-refractivity contribution is 6.48. The third kappa shape index (κ3) is 3.25. The van der Waals surface area contributed by atoms with Gasteiger partial charge in [0.25, 0.3) is 5.91 Å². The van der Waals surface area contributed by atoms with E-state index in [4.69, 9.17) is 34.8 Å². The summed E-state index contributed by atoms with van der Waals surface area (Å²) in [5.41, 5.74) is -0.109. The number of ether oxygens (including phenoxy) is 1. The van der Waals surface area contributed by atoms with Crippen LogP contribution >= 0.6 is 34.8 Å². The summed E-state index contributed by atoms with van der Waals surface area (Å²) in [5.74, 6) is -1.23. The topological polar surface area (TPSA) is 68.3 Å². The van der Waals surface area contributed by atoms with Gasteiger partial charge in [-0.15, -0.1) is 0 Å². The van der Waals surface area contributed by atoms with Gasteiger partial charge in [0, 0.05) is 6.20 Å². The maximum absolute atomic E-state index is 11.8. The van der Waals surface area contributed by atoms with E-state index in [9.17, 15) is 9.59 Å². The van der Waals surface area contributed by atoms with Crippen LogP contribution in [-0.4, -0.2) is 30.0 Å². The van der Waals surface area contributed by atoms with Crippen molar-refractivity contribution in [2.24, 2.45) is 0 Å². The van der Waals surface area contributed by atoms with Crippen LogP contribution in [0.25, 0.3) is 0 Å². The number of halogens is 3. The first-order chi connectivity index (χ1) is 8.38. The van der Waals surface area contributed by atoms with Crippen LogP contribution < -0.4 is 5.32 Å². The van der Waals surface area contributed by atoms with E-state index in [-0.39, 0.29) is 20.8 Å². The number of carbonyl (C=O) groups is 2. The van der Waals surface area contributed by atoms with Gasteiger partial charge in [0.05, 0.1) is 22.2 Å². The maximum Gasteiger partial charge on any atom is 0.328 e. The summed E-state index contributed by atoms with van der Waals surface area (Å²) in [4.78, 5) is 26.7. The number of pyridine rings is 1. The van der Waals surface area contributed by atoms with Crippen molar-refractivity contribution in [3.8, 4) is 0 Å². The zero-order valence-electron chi connectivity index (χ0n) is 9.46. The lowest BCUT2D eigenvalue weighted by Gasteiger charge is -2.12. The zero-order chi connectivity index (χ0) is 13.9. The van der Waals surface area contributed by atoms with E-state index in [0.717, 1.165) is 0 Å². The Morgan fingerprint density at radius 3 is 2.50 bits per heavy atom. The van der Waals surface area contributed by atoms with Crippen LogP contribution in [0, 0.1) is 0 Å². The summed E-state index contributed by atoms with van der Waals surface area (Å²) in [6, 6.07) is -0.824. The summed E-state index contributed by atoms with van der Waals surface area (Å²) in [6.07, 6.45) is 1.20. The first-order valence-corrected chi connectivity index (χ1v) is 5.90. The molecule has 18 heavy (non-hydrogen) atoms. The number of hydrogen-bond acceptors (Lipinski definition) is 4. The van der Waals surface area contributed by atoms with Crippen LogP contribution in [0.3, 0.4) is 0 Å². The summed E-state index contributed by atoms with van der Waals surface area (Å²) < 4.78 is 4.47. The molecule has 1 rings (SSSR count). The molecule has 0 fully saturated rings. The van der Waals surface area contributed by atoms with Gasteiger partial charge in [0.15, 0.2) is 0 Å². The number of nitrogens with zero attached hydrogens (tertiary/aromatic N) is 1. The third-order valence-electron chi connectivity index (χ3n) is 2.03. The number of carbonyl (C=O) groups excluding carboxylic acids is 2. The fourth-order valence-corrected chi connectivity index (χ4v) is 1.67. The Kier molecular flexibility index (Phi) is 5.19. The predicted molar refractivity (Wildman–Crippen MR) is 68.2 cm³/mol. The number of nitrogens with one attached hydrogen (secondary N) is 1. The quantitative estimate of drug-likeness (QED) is 0.870. The molecule has 8 heteroatoms. The van der Waals surface area contributed by atoms with Gasteiger partial charge in [-0.1, -0.05) is 34.8 Å². The monoisotopic (exact) mass is 310 g/mol. The lowest BCUT2D eigenvalue weighted by molar-refractivity contribution is -0.142. The zero-order valence-corrected chi connectivity index (χ0v) is 11.7. The van der Waals surface area contributed by atoms with Gasteiger partial charge >= 0.3 is 5.97 Å². The summed E-state index contributed by atoms with van der Waals surface area (Å²) >= 11 is 17.3. The highest BCUT2D eigenvalue weighted by Gasteiger charge is 2.21. The number of rotatable bonds is 3. The van der Waals surface area contributed by atoms with Gasteiger partial charge in [0.2, 0.25) is 0 Å². The molecule has 0 aromatic carbocycles. The van der Waals surface area contributed by atoms with Gasteiger partial charge in [-0.3, -0.25) is 4.79 Å². The van der Waals surface area contributed by atoms with Crippen molar-refractivity contribution in [3.63, 3.8) is 0 Å². The molecule has 0 aliphatic carbocycles. The Morgan fingerprint density at radius 2 is 1.94 bits per heavy atom. The van der Waals surface area contributed by atoms with Crippen molar-refractivity contribution in [1.82, 2.24) is 10.3 Å². The van der Waals surface area contributed by atoms with Crippen molar-refractivity contribution in [2.45, 2.75) is 13.0 Å². The van der Waals surface area contributed by atoms with E-state index >= 15 is 0 Å². The molecular formula is C10H9Cl3N2O3. The van der Waals surface area contributed by atoms with E-state index in [0.29, 0.717) is 0 Å². The number of methoxy groups -OCH3 is 1. The van der Waals surface area contributed by atoms with Gasteiger partial charge in [-0.25, -0.2) is 9.78 Å². The van der Waals surface area contributed by atoms with Gasteiger partial charge in [-0.2, -0.15) is 0 Å². The second kappa shape index (κ2) is 6.22. The molecule has 1 heterocycles. The average molecular weight is 312 g/mol.